The summed E-state index contributed by atoms with van der Waals surface area (Å²) in [6, 6.07) is 14.1. The summed E-state index contributed by atoms with van der Waals surface area (Å²) >= 11 is 6.54. The number of fused-ring (bicyclic) bond motifs is 1. The molecular formula is C37H44ClN3O8. The number of nitrogens with one attached hydrogen (secondary N) is 1. The largest absolute Gasteiger partial charge is 0.455 e. The van der Waals surface area contributed by atoms with Gasteiger partial charge in [-0.15, -0.1) is 13.2 Å². The molecule has 0 aliphatic carbocycles. The molecule has 3 heterocycles. The summed E-state index contributed by atoms with van der Waals surface area (Å²) in [5.74, 6) is -3.74. The van der Waals surface area contributed by atoms with E-state index in [1.165, 1.54) is 16.9 Å². The Kier molecular flexibility index (Phi) is 11.9. The number of allylic oxidation sites excluding steroid dienone is 1. The second kappa shape index (κ2) is 16.1. The number of rotatable bonds is 17. The highest BCUT2D eigenvalue weighted by atomic mass is 35.5. The van der Waals surface area contributed by atoms with E-state index in [9.17, 15) is 24.3 Å². The van der Waals surface area contributed by atoms with Crippen molar-refractivity contribution >= 4 is 41.0 Å². The molecular weight excluding hydrogens is 650 g/mol. The van der Waals surface area contributed by atoms with Gasteiger partial charge in [0, 0.05) is 33.2 Å². The summed E-state index contributed by atoms with van der Waals surface area (Å²) in [6.45, 7) is 7.56. The summed E-state index contributed by atoms with van der Waals surface area (Å²) in [5.41, 5.74) is -0.209. The zero-order valence-corrected chi connectivity index (χ0v) is 28.4. The molecule has 49 heavy (non-hydrogen) atoms. The van der Waals surface area contributed by atoms with Crippen molar-refractivity contribution in [1.29, 1.82) is 0 Å². The summed E-state index contributed by atoms with van der Waals surface area (Å²) < 4.78 is 18.3. The molecule has 1 spiro atoms. The number of ether oxygens (including phenoxy) is 3. The monoisotopic (exact) mass is 693 g/mol. The molecule has 0 aromatic heterocycles. The number of para-hydroxylation sites is 1. The number of carbonyl (C=O) groups excluding carboxylic acids is 4. The second-order valence-electron chi connectivity index (χ2n) is 12.6. The van der Waals surface area contributed by atoms with Crippen LogP contribution in [-0.4, -0.2) is 90.9 Å². The highest BCUT2D eigenvalue weighted by Gasteiger charge is 2.75. The Bertz CT molecular complexity index is 1540. The molecule has 0 saturated carbocycles. The first-order valence-corrected chi connectivity index (χ1v) is 17.0. The lowest BCUT2D eigenvalue weighted by atomic mass is 9.70. The molecule has 0 radical (unpaired) electrons. The molecule has 2 N–H and O–H groups in total. The second-order valence-corrected chi connectivity index (χ2v) is 13.0. The molecule has 2 aromatic carbocycles. The fraction of sp³-hybridized carbons (Fsp3) is 0.459. The van der Waals surface area contributed by atoms with Crippen LogP contribution in [0.2, 0.25) is 5.02 Å². The fourth-order valence-electron chi connectivity index (χ4n) is 7.56. The van der Waals surface area contributed by atoms with Crippen molar-refractivity contribution in [3.05, 3.63) is 90.5 Å². The highest BCUT2D eigenvalue weighted by molar-refractivity contribution is 6.34. The number of halogens is 1. The molecule has 5 rings (SSSR count). The van der Waals surface area contributed by atoms with Crippen LogP contribution < -0.4 is 10.2 Å². The van der Waals surface area contributed by atoms with Crippen LogP contribution in [0.4, 0.5) is 5.69 Å². The first-order valence-electron chi connectivity index (χ1n) is 16.6. The fourth-order valence-corrected chi connectivity index (χ4v) is 7.80. The first-order chi connectivity index (χ1) is 23.7. The number of carbonyl (C=O) groups is 4. The molecule has 0 unspecified atom stereocenters. The molecule has 11 nitrogen and oxygen atoms in total. The van der Waals surface area contributed by atoms with Gasteiger partial charge in [0.1, 0.15) is 17.7 Å². The lowest BCUT2D eigenvalue weighted by Gasteiger charge is -2.37. The Hall–Kier alpha value is -4.03. The van der Waals surface area contributed by atoms with Crippen molar-refractivity contribution in [2.45, 2.75) is 62.0 Å². The predicted molar refractivity (Wildman–Crippen MR) is 184 cm³/mol. The molecule has 3 aliphatic heterocycles. The van der Waals surface area contributed by atoms with Gasteiger partial charge in [-0.3, -0.25) is 19.2 Å². The molecule has 2 bridgehead atoms. The van der Waals surface area contributed by atoms with Crippen molar-refractivity contribution in [1.82, 2.24) is 10.2 Å². The van der Waals surface area contributed by atoms with Crippen LogP contribution in [0.25, 0.3) is 0 Å². The van der Waals surface area contributed by atoms with E-state index < -0.39 is 59.5 Å². The van der Waals surface area contributed by atoms with E-state index in [1.54, 1.807) is 60.7 Å². The quantitative estimate of drug-likeness (QED) is 0.188. The van der Waals surface area contributed by atoms with Gasteiger partial charge in [-0.1, -0.05) is 66.2 Å². The van der Waals surface area contributed by atoms with Gasteiger partial charge in [0.25, 0.3) is 5.91 Å². The molecule has 12 heteroatoms. The summed E-state index contributed by atoms with van der Waals surface area (Å²) in [5, 5.41) is 13.0. The Morgan fingerprint density at radius 2 is 1.90 bits per heavy atom. The number of aliphatic hydroxyl groups excluding tert-OH is 1. The molecule has 3 saturated heterocycles. The Labute approximate surface area is 291 Å². The van der Waals surface area contributed by atoms with Gasteiger partial charge >= 0.3 is 5.97 Å². The normalized spacial score (nSPS) is 25.0. The minimum Gasteiger partial charge on any atom is -0.455 e. The number of benzene rings is 2. The number of likely N-dealkylation sites (tertiary alicyclic amines) is 1. The van der Waals surface area contributed by atoms with Gasteiger partial charge in [0.2, 0.25) is 11.8 Å². The summed E-state index contributed by atoms with van der Waals surface area (Å²) in [6.07, 6.45) is 3.33. The predicted octanol–water partition coefficient (Wildman–Crippen LogP) is 4.00. The maximum atomic E-state index is 14.6. The van der Waals surface area contributed by atoms with Crippen LogP contribution in [0.3, 0.4) is 0 Å². The summed E-state index contributed by atoms with van der Waals surface area (Å²) in [4.78, 5) is 59.1. The smallest absolute Gasteiger partial charge is 0.313 e. The number of methoxy groups -OCH3 is 1. The van der Waals surface area contributed by atoms with Gasteiger partial charge in [-0.2, -0.15) is 0 Å². The topological polar surface area (TPSA) is 135 Å². The van der Waals surface area contributed by atoms with Crippen LogP contribution in [-0.2, 0) is 33.4 Å². The Morgan fingerprint density at radius 1 is 1.16 bits per heavy atom. The van der Waals surface area contributed by atoms with E-state index in [0.717, 1.165) is 0 Å². The van der Waals surface area contributed by atoms with Crippen LogP contribution in [0, 0.1) is 11.8 Å². The number of amides is 3. The van der Waals surface area contributed by atoms with Crippen LogP contribution in [0.15, 0.2) is 79.9 Å². The minimum absolute atomic E-state index is 0.0518. The molecule has 7 atom stereocenters. The third kappa shape index (κ3) is 7.17. The van der Waals surface area contributed by atoms with E-state index in [0.29, 0.717) is 35.5 Å². The molecule has 2 aromatic rings. The van der Waals surface area contributed by atoms with Crippen molar-refractivity contribution in [2.24, 2.45) is 11.8 Å². The first kappa shape index (κ1) is 36.3. The third-order valence-electron chi connectivity index (χ3n) is 9.59. The number of esters is 1. The van der Waals surface area contributed by atoms with Gasteiger partial charge in [-0.25, -0.2) is 0 Å². The third-order valence-corrected chi connectivity index (χ3v) is 9.91. The van der Waals surface area contributed by atoms with Crippen molar-refractivity contribution in [3.8, 4) is 0 Å². The Morgan fingerprint density at radius 3 is 2.57 bits per heavy atom. The maximum Gasteiger partial charge on any atom is 0.313 e. The van der Waals surface area contributed by atoms with Gasteiger partial charge in [-0.05, 0) is 43.4 Å². The van der Waals surface area contributed by atoms with Crippen molar-refractivity contribution in [3.63, 3.8) is 0 Å². The average Bonchev–Trinajstić information content (AvgIpc) is 3.75. The van der Waals surface area contributed by atoms with Crippen LogP contribution in [0.1, 0.15) is 43.8 Å². The Balaban J connectivity index is 1.49. The van der Waals surface area contributed by atoms with Gasteiger partial charge in [0.05, 0.1) is 41.3 Å². The lowest BCUT2D eigenvalue weighted by Crippen LogP contribution is -2.56. The van der Waals surface area contributed by atoms with Crippen LogP contribution >= 0.6 is 11.6 Å². The lowest BCUT2D eigenvalue weighted by molar-refractivity contribution is -0.163. The number of hydrogen-bond donors (Lipinski definition) is 2. The van der Waals surface area contributed by atoms with E-state index in [2.05, 4.69) is 18.5 Å². The summed E-state index contributed by atoms with van der Waals surface area (Å²) in [7, 11) is 1.49. The molecule has 3 aliphatic rings. The zero-order valence-electron chi connectivity index (χ0n) is 27.7. The highest BCUT2D eigenvalue weighted by Crippen LogP contribution is 2.59. The van der Waals surface area contributed by atoms with Gasteiger partial charge < -0.3 is 34.4 Å². The number of anilines is 1. The van der Waals surface area contributed by atoms with Crippen LogP contribution in [0.5, 0.6) is 0 Å². The van der Waals surface area contributed by atoms with E-state index in [4.69, 9.17) is 25.8 Å². The van der Waals surface area contributed by atoms with E-state index in [-0.39, 0.29) is 45.1 Å². The SMILES string of the molecule is C=CCCC(=O)N[C@H](COC)[C@H](OC(=O)[C@@H]1[C@@H]2CC[C@]3(O2)[C@H](C(=O)N(CC=C)c2ccccc2Cl)N(CCCO)C(=O)[C@@H]13)c1ccccc1. The molecule has 262 valence electrons. The average molecular weight is 694 g/mol. The maximum absolute atomic E-state index is 14.6. The van der Waals surface area contributed by atoms with E-state index in [1.807, 2.05) is 6.07 Å². The standard InChI is InChI=1S/C37H44ClN3O8/c1-4-6-17-29(43)39-26(23-47-3)32(24-13-8-7-9-14-24)48-36(46)30-28-18-19-37(49-28)31(30)34(44)41(21-12-22-42)33(37)35(45)40(20-5-2)27-16-11-10-15-25(27)38/h4-5,7-11,13-16,26,28,30-33,42H,1-2,6,12,17-23H2,3H3,(H,39,43)/t26-,28+,30-,31-,32-,33+,37-/m1/s1. The minimum atomic E-state index is -1.30. The number of nitrogens with zero attached hydrogens (tertiary/aromatic N) is 2. The zero-order chi connectivity index (χ0) is 35.1. The molecule has 3 amide bonds. The number of aliphatic hydroxyl groups is 1. The number of hydrogen-bond acceptors (Lipinski definition) is 8. The van der Waals surface area contributed by atoms with E-state index >= 15 is 0 Å². The van der Waals surface area contributed by atoms with Gasteiger partial charge in [0.15, 0.2) is 0 Å². The van der Waals surface area contributed by atoms with Crippen molar-refractivity contribution < 1.29 is 38.5 Å². The van der Waals surface area contributed by atoms with Crippen molar-refractivity contribution in [2.75, 3.05) is 38.3 Å². The molecule has 3 fully saturated rings.